The first-order valence-electron chi connectivity index (χ1n) is 7.84. The second-order valence-corrected chi connectivity index (χ2v) is 7.60. The summed E-state index contributed by atoms with van der Waals surface area (Å²) in [6.07, 6.45) is 4.52. The molecule has 3 heteroatoms. The summed E-state index contributed by atoms with van der Waals surface area (Å²) >= 11 is 3.62. The Bertz CT molecular complexity index is 475. The molecule has 21 heavy (non-hydrogen) atoms. The van der Waals surface area contributed by atoms with Crippen molar-refractivity contribution in [3.63, 3.8) is 0 Å². The van der Waals surface area contributed by atoms with Crippen LogP contribution in [-0.4, -0.2) is 16.8 Å². The van der Waals surface area contributed by atoms with Crippen LogP contribution in [0.1, 0.15) is 52.0 Å². The number of hydrogen-bond donors (Lipinski definition) is 1. The molecule has 0 aromatic heterocycles. The third-order valence-corrected chi connectivity index (χ3v) is 6.00. The third-order valence-electron chi connectivity index (χ3n) is 4.93. The quantitative estimate of drug-likeness (QED) is 0.799. The molecule has 1 aromatic carbocycles. The van der Waals surface area contributed by atoms with Gasteiger partial charge in [-0.3, -0.25) is 4.79 Å². The lowest BCUT2D eigenvalue weighted by Gasteiger charge is -2.41. The Hall–Kier alpha value is -0.830. The number of amides is 1. The van der Waals surface area contributed by atoms with Gasteiger partial charge in [0.2, 0.25) is 5.91 Å². The fraction of sp³-hybridized carbons (Fsp3) is 0.611. The van der Waals surface area contributed by atoms with E-state index in [2.05, 4.69) is 28.2 Å². The van der Waals surface area contributed by atoms with Crippen LogP contribution in [-0.2, 0) is 10.2 Å². The van der Waals surface area contributed by atoms with E-state index in [4.69, 9.17) is 0 Å². The molecule has 0 spiro atoms. The van der Waals surface area contributed by atoms with Crippen LogP contribution in [0, 0.1) is 5.92 Å². The van der Waals surface area contributed by atoms with Gasteiger partial charge in [-0.25, -0.2) is 0 Å². The van der Waals surface area contributed by atoms with Crippen molar-refractivity contribution in [2.24, 2.45) is 5.92 Å². The number of benzene rings is 1. The zero-order valence-electron chi connectivity index (χ0n) is 13.3. The Labute approximate surface area is 136 Å². The third kappa shape index (κ3) is 3.68. The SMILES string of the molecule is CC1CCC(CBr)(NC(=O)C(C)(C)c2ccccc2)CC1. The molecular weight excluding hydrogens is 326 g/mol. The average Bonchev–Trinajstić information content (AvgIpc) is 2.50. The van der Waals surface area contributed by atoms with Crippen LogP contribution in [0.3, 0.4) is 0 Å². The second-order valence-electron chi connectivity index (χ2n) is 7.04. The van der Waals surface area contributed by atoms with E-state index >= 15 is 0 Å². The summed E-state index contributed by atoms with van der Waals surface area (Å²) in [5, 5.41) is 4.19. The number of carbonyl (C=O) groups excluding carboxylic acids is 1. The van der Waals surface area contributed by atoms with Crippen LogP contribution < -0.4 is 5.32 Å². The van der Waals surface area contributed by atoms with E-state index in [0.29, 0.717) is 0 Å². The van der Waals surface area contributed by atoms with Crippen LogP contribution in [0.5, 0.6) is 0 Å². The van der Waals surface area contributed by atoms with Crippen molar-refractivity contribution in [1.29, 1.82) is 0 Å². The van der Waals surface area contributed by atoms with Gasteiger partial charge in [-0.05, 0) is 51.0 Å². The minimum absolute atomic E-state index is 0.0738. The number of nitrogens with one attached hydrogen (secondary N) is 1. The fourth-order valence-corrected chi connectivity index (χ4v) is 3.69. The normalized spacial score (nSPS) is 26.4. The number of rotatable bonds is 4. The van der Waals surface area contributed by atoms with E-state index in [-0.39, 0.29) is 11.4 Å². The van der Waals surface area contributed by atoms with Gasteiger partial charge in [-0.2, -0.15) is 0 Å². The molecule has 0 heterocycles. The molecule has 2 nitrogen and oxygen atoms in total. The molecule has 1 aliphatic rings. The highest BCUT2D eigenvalue weighted by Crippen LogP contribution is 2.34. The highest BCUT2D eigenvalue weighted by Gasteiger charge is 2.39. The van der Waals surface area contributed by atoms with Gasteiger partial charge in [0, 0.05) is 10.9 Å². The van der Waals surface area contributed by atoms with Gasteiger partial charge in [-0.1, -0.05) is 53.2 Å². The molecule has 0 unspecified atom stereocenters. The lowest BCUT2D eigenvalue weighted by atomic mass is 9.76. The number of carbonyl (C=O) groups is 1. The average molecular weight is 352 g/mol. The molecule has 0 radical (unpaired) electrons. The molecule has 1 saturated carbocycles. The van der Waals surface area contributed by atoms with Crippen molar-refractivity contribution >= 4 is 21.8 Å². The standard InChI is InChI=1S/C18H26BrNO/c1-14-9-11-18(13-19,12-10-14)20-16(21)17(2,3)15-7-5-4-6-8-15/h4-8,14H,9-13H2,1-3H3,(H,20,21). The molecule has 0 aliphatic heterocycles. The monoisotopic (exact) mass is 351 g/mol. The van der Waals surface area contributed by atoms with E-state index in [0.717, 1.165) is 29.7 Å². The highest BCUT2D eigenvalue weighted by atomic mass is 79.9. The Morgan fingerprint density at radius 3 is 2.38 bits per heavy atom. The van der Waals surface area contributed by atoms with Crippen LogP contribution >= 0.6 is 15.9 Å². The summed E-state index contributed by atoms with van der Waals surface area (Å²) in [6.45, 7) is 6.31. The predicted molar refractivity (Wildman–Crippen MR) is 91.8 cm³/mol. The van der Waals surface area contributed by atoms with Gasteiger partial charge in [0.1, 0.15) is 0 Å². The molecule has 0 atom stereocenters. The van der Waals surface area contributed by atoms with Crippen LogP contribution in [0.2, 0.25) is 0 Å². The Balaban J connectivity index is 2.12. The van der Waals surface area contributed by atoms with Crippen molar-refractivity contribution < 1.29 is 4.79 Å². The van der Waals surface area contributed by atoms with Crippen molar-refractivity contribution in [1.82, 2.24) is 5.32 Å². The van der Waals surface area contributed by atoms with Crippen molar-refractivity contribution in [3.8, 4) is 0 Å². The summed E-state index contributed by atoms with van der Waals surface area (Å²) in [7, 11) is 0. The summed E-state index contributed by atoms with van der Waals surface area (Å²) < 4.78 is 0. The summed E-state index contributed by atoms with van der Waals surface area (Å²) in [4.78, 5) is 12.8. The lowest BCUT2D eigenvalue weighted by molar-refractivity contribution is -0.127. The van der Waals surface area contributed by atoms with Gasteiger partial charge in [-0.15, -0.1) is 0 Å². The second kappa shape index (κ2) is 6.51. The van der Waals surface area contributed by atoms with Crippen LogP contribution in [0.4, 0.5) is 0 Å². The lowest BCUT2D eigenvalue weighted by Crippen LogP contribution is -2.56. The fourth-order valence-electron chi connectivity index (χ4n) is 2.99. The topological polar surface area (TPSA) is 29.1 Å². The number of hydrogen-bond acceptors (Lipinski definition) is 1. The molecule has 0 saturated heterocycles. The maximum atomic E-state index is 12.8. The van der Waals surface area contributed by atoms with Gasteiger partial charge >= 0.3 is 0 Å². The van der Waals surface area contributed by atoms with E-state index in [9.17, 15) is 4.79 Å². The molecule has 2 rings (SSSR count). The predicted octanol–water partition coefficient (Wildman–Crippen LogP) is 4.42. The Kier molecular flexibility index (Phi) is 5.13. The first kappa shape index (κ1) is 16.5. The van der Waals surface area contributed by atoms with Crippen LogP contribution in [0.15, 0.2) is 30.3 Å². The zero-order chi connectivity index (χ0) is 15.5. The zero-order valence-corrected chi connectivity index (χ0v) is 14.9. The van der Waals surface area contributed by atoms with Crippen molar-refractivity contribution in [2.45, 2.75) is 57.4 Å². The minimum atomic E-state index is -0.501. The molecule has 1 fully saturated rings. The van der Waals surface area contributed by atoms with Crippen LogP contribution in [0.25, 0.3) is 0 Å². The van der Waals surface area contributed by atoms with Gasteiger partial charge < -0.3 is 5.32 Å². The maximum Gasteiger partial charge on any atom is 0.230 e. The Morgan fingerprint density at radius 2 is 1.86 bits per heavy atom. The van der Waals surface area contributed by atoms with Crippen molar-refractivity contribution in [2.75, 3.05) is 5.33 Å². The number of halogens is 1. The maximum absolute atomic E-state index is 12.8. The molecule has 1 aromatic rings. The molecule has 1 aliphatic carbocycles. The molecule has 116 valence electrons. The van der Waals surface area contributed by atoms with Gasteiger partial charge in [0.25, 0.3) is 0 Å². The smallest absolute Gasteiger partial charge is 0.230 e. The summed E-state index contributed by atoms with van der Waals surface area (Å²) in [5.41, 5.74) is 0.492. The van der Waals surface area contributed by atoms with E-state index in [1.807, 2.05) is 44.2 Å². The minimum Gasteiger partial charge on any atom is -0.349 e. The Morgan fingerprint density at radius 1 is 1.29 bits per heavy atom. The highest BCUT2D eigenvalue weighted by molar-refractivity contribution is 9.09. The summed E-state index contributed by atoms with van der Waals surface area (Å²) in [6, 6.07) is 10.0. The first-order chi connectivity index (χ1) is 9.89. The van der Waals surface area contributed by atoms with E-state index < -0.39 is 5.41 Å². The van der Waals surface area contributed by atoms with E-state index in [1.54, 1.807) is 0 Å². The van der Waals surface area contributed by atoms with Gasteiger partial charge in [0.15, 0.2) is 0 Å². The molecule has 0 bridgehead atoms. The largest absolute Gasteiger partial charge is 0.349 e. The van der Waals surface area contributed by atoms with Gasteiger partial charge in [0.05, 0.1) is 5.41 Å². The number of alkyl halides is 1. The molecular formula is C18H26BrNO. The van der Waals surface area contributed by atoms with Crippen molar-refractivity contribution in [3.05, 3.63) is 35.9 Å². The van der Waals surface area contributed by atoms with E-state index in [1.165, 1.54) is 12.8 Å². The molecule has 1 N–H and O–H groups in total. The first-order valence-corrected chi connectivity index (χ1v) is 8.96. The summed E-state index contributed by atoms with van der Waals surface area (Å²) in [5.74, 6) is 0.902. The molecule has 1 amide bonds.